The van der Waals surface area contributed by atoms with E-state index in [0.29, 0.717) is 32.7 Å². The Morgan fingerprint density at radius 3 is 2.48 bits per heavy atom. The molecule has 7 nitrogen and oxygen atoms in total. The number of carbonyl (C=O) groups is 1. The number of amides is 1. The van der Waals surface area contributed by atoms with Crippen molar-refractivity contribution in [2.75, 3.05) is 26.3 Å². The van der Waals surface area contributed by atoms with Gasteiger partial charge < -0.3 is 24.2 Å². The van der Waals surface area contributed by atoms with Crippen molar-refractivity contribution in [2.24, 2.45) is 0 Å². The molecule has 3 aliphatic rings. The van der Waals surface area contributed by atoms with E-state index in [1.165, 1.54) is 11.1 Å². The standard InChI is InChI=1S/C33H38N2O5/c36-27-21-35(19-24-10-12-29(13-11-24)39-28-8-2-1-3-9-28)31-15-14-30(40-32(31)23-38-22-27)18-33(37)34-17-16-25-6-4-5-7-26(25)20-34/h1-13,27,30-32,36H,14-23H2/t27-,30-,31-,32+/m0/s1. The fourth-order valence-corrected chi connectivity index (χ4v) is 6.18. The van der Waals surface area contributed by atoms with Crippen molar-refractivity contribution in [3.63, 3.8) is 0 Å². The Balaban J connectivity index is 1.07. The molecule has 3 aromatic carbocycles. The number of nitrogens with zero attached hydrogens (tertiary/aromatic N) is 2. The summed E-state index contributed by atoms with van der Waals surface area (Å²) in [6.45, 7) is 3.36. The Morgan fingerprint density at radius 2 is 1.65 bits per heavy atom. The van der Waals surface area contributed by atoms with Gasteiger partial charge in [0, 0.05) is 32.2 Å². The normalized spacial score (nSPS) is 25.3. The minimum absolute atomic E-state index is 0.114. The van der Waals surface area contributed by atoms with Crippen LogP contribution in [0.4, 0.5) is 0 Å². The lowest BCUT2D eigenvalue weighted by Crippen LogP contribution is -2.55. The number of hydrogen-bond donors (Lipinski definition) is 1. The van der Waals surface area contributed by atoms with E-state index >= 15 is 0 Å². The van der Waals surface area contributed by atoms with Crippen molar-refractivity contribution in [2.45, 2.75) is 63.1 Å². The third kappa shape index (κ3) is 6.56. The second-order valence-electron chi connectivity index (χ2n) is 11.2. The van der Waals surface area contributed by atoms with E-state index in [1.807, 2.05) is 53.4 Å². The smallest absolute Gasteiger partial charge is 0.225 e. The van der Waals surface area contributed by atoms with E-state index in [9.17, 15) is 9.90 Å². The minimum atomic E-state index is -0.553. The SMILES string of the molecule is O=C(C[C@@H]1CC[C@H]2[C@@H](COC[C@@H](O)CN2Cc2ccc(Oc3ccccc3)cc2)O1)N1CCc2ccccc2C1. The maximum atomic E-state index is 13.2. The van der Waals surface area contributed by atoms with Crippen LogP contribution in [0, 0.1) is 0 Å². The van der Waals surface area contributed by atoms with E-state index in [0.717, 1.165) is 42.9 Å². The van der Waals surface area contributed by atoms with E-state index < -0.39 is 6.10 Å². The van der Waals surface area contributed by atoms with Crippen molar-refractivity contribution >= 4 is 5.91 Å². The maximum Gasteiger partial charge on any atom is 0.225 e. The van der Waals surface area contributed by atoms with Crippen LogP contribution >= 0.6 is 0 Å². The molecular formula is C33H38N2O5. The highest BCUT2D eigenvalue weighted by Crippen LogP contribution is 2.30. The monoisotopic (exact) mass is 542 g/mol. The highest BCUT2D eigenvalue weighted by molar-refractivity contribution is 5.77. The quantitative estimate of drug-likeness (QED) is 0.492. The van der Waals surface area contributed by atoms with Crippen LogP contribution in [0.15, 0.2) is 78.9 Å². The van der Waals surface area contributed by atoms with Crippen LogP contribution in [0.25, 0.3) is 0 Å². The van der Waals surface area contributed by atoms with Gasteiger partial charge in [0.15, 0.2) is 0 Å². The summed E-state index contributed by atoms with van der Waals surface area (Å²) >= 11 is 0. The van der Waals surface area contributed by atoms with E-state index in [-0.39, 0.29) is 30.8 Å². The van der Waals surface area contributed by atoms with Crippen molar-refractivity contribution < 1.29 is 24.1 Å². The van der Waals surface area contributed by atoms with Gasteiger partial charge in [-0.2, -0.15) is 0 Å². The number of ether oxygens (including phenoxy) is 3. The van der Waals surface area contributed by atoms with Gasteiger partial charge >= 0.3 is 0 Å². The topological polar surface area (TPSA) is 71.5 Å². The first-order valence-corrected chi connectivity index (χ1v) is 14.4. The second kappa shape index (κ2) is 12.5. The fraction of sp³-hybridized carbons (Fsp3) is 0.424. The summed E-state index contributed by atoms with van der Waals surface area (Å²) in [5.74, 6) is 1.76. The summed E-state index contributed by atoms with van der Waals surface area (Å²) in [6.07, 6.45) is 2.21. The lowest BCUT2D eigenvalue weighted by Gasteiger charge is -2.44. The molecule has 1 N–H and O–H groups in total. The number of benzene rings is 3. The molecule has 40 heavy (non-hydrogen) atoms. The van der Waals surface area contributed by atoms with Gasteiger partial charge in [-0.1, -0.05) is 54.6 Å². The van der Waals surface area contributed by atoms with E-state index in [4.69, 9.17) is 14.2 Å². The van der Waals surface area contributed by atoms with Gasteiger partial charge in [0.05, 0.1) is 37.9 Å². The van der Waals surface area contributed by atoms with Crippen LogP contribution in [0.2, 0.25) is 0 Å². The highest BCUT2D eigenvalue weighted by atomic mass is 16.5. The van der Waals surface area contributed by atoms with Crippen LogP contribution in [0.3, 0.4) is 0 Å². The second-order valence-corrected chi connectivity index (χ2v) is 11.2. The third-order valence-corrected chi connectivity index (χ3v) is 8.26. The molecule has 0 unspecified atom stereocenters. The molecule has 0 radical (unpaired) electrons. The number of aliphatic hydroxyl groups is 1. The summed E-state index contributed by atoms with van der Waals surface area (Å²) in [4.78, 5) is 17.5. The Kier molecular flexibility index (Phi) is 8.44. The van der Waals surface area contributed by atoms with Gasteiger partial charge in [0.25, 0.3) is 0 Å². The van der Waals surface area contributed by atoms with Gasteiger partial charge in [-0.15, -0.1) is 0 Å². The zero-order valence-electron chi connectivity index (χ0n) is 22.9. The highest BCUT2D eigenvalue weighted by Gasteiger charge is 2.38. The number of β-amino-alcohol motifs (C(OH)–C–C–N with tert-alkyl or cyclic N) is 1. The number of aliphatic hydroxyl groups excluding tert-OH is 1. The molecule has 0 aliphatic carbocycles. The first-order valence-electron chi connectivity index (χ1n) is 14.4. The van der Waals surface area contributed by atoms with Crippen LogP contribution in [-0.4, -0.2) is 71.5 Å². The Hall–Kier alpha value is -3.23. The first-order chi connectivity index (χ1) is 19.6. The lowest BCUT2D eigenvalue weighted by atomic mass is 9.93. The average Bonchev–Trinajstić information content (AvgIpc) is 2.97. The van der Waals surface area contributed by atoms with Crippen molar-refractivity contribution in [1.29, 1.82) is 0 Å². The van der Waals surface area contributed by atoms with Crippen molar-refractivity contribution in [3.8, 4) is 11.5 Å². The number of para-hydroxylation sites is 1. The predicted molar refractivity (Wildman–Crippen MR) is 152 cm³/mol. The molecule has 6 rings (SSSR count). The summed E-state index contributed by atoms with van der Waals surface area (Å²) in [5.41, 5.74) is 3.74. The zero-order chi connectivity index (χ0) is 27.3. The molecule has 2 fully saturated rings. The fourth-order valence-electron chi connectivity index (χ4n) is 6.18. The molecule has 4 atom stereocenters. The molecule has 3 aromatic rings. The van der Waals surface area contributed by atoms with Gasteiger partial charge in [0.1, 0.15) is 11.5 Å². The van der Waals surface area contributed by atoms with Crippen LogP contribution < -0.4 is 4.74 Å². The van der Waals surface area contributed by atoms with E-state index in [2.05, 4.69) is 35.2 Å². The molecule has 0 saturated carbocycles. The molecule has 0 spiro atoms. The number of rotatable bonds is 6. The van der Waals surface area contributed by atoms with Crippen molar-refractivity contribution in [1.82, 2.24) is 9.80 Å². The van der Waals surface area contributed by atoms with E-state index in [1.54, 1.807) is 0 Å². The summed E-state index contributed by atoms with van der Waals surface area (Å²) in [5, 5.41) is 10.6. The number of hydrogen-bond acceptors (Lipinski definition) is 6. The molecule has 0 bridgehead atoms. The molecule has 210 valence electrons. The Labute approximate surface area is 236 Å². The largest absolute Gasteiger partial charge is 0.457 e. The molecular weight excluding hydrogens is 504 g/mol. The molecule has 3 heterocycles. The van der Waals surface area contributed by atoms with Crippen LogP contribution in [0.5, 0.6) is 11.5 Å². The minimum Gasteiger partial charge on any atom is -0.457 e. The molecule has 2 saturated heterocycles. The van der Waals surface area contributed by atoms with Gasteiger partial charge in [-0.3, -0.25) is 9.69 Å². The van der Waals surface area contributed by atoms with Crippen LogP contribution in [0.1, 0.15) is 36.0 Å². The number of carbonyl (C=O) groups excluding carboxylic acids is 1. The van der Waals surface area contributed by atoms with Crippen molar-refractivity contribution in [3.05, 3.63) is 95.6 Å². The van der Waals surface area contributed by atoms with Crippen LogP contribution in [-0.2, 0) is 33.8 Å². The van der Waals surface area contributed by atoms with Gasteiger partial charge in [0.2, 0.25) is 5.91 Å². The molecule has 1 amide bonds. The van der Waals surface area contributed by atoms with Gasteiger partial charge in [-0.05, 0) is 60.2 Å². The maximum absolute atomic E-state index is 13.2. The average molecular weight is 543 g/mol. The molecule has 7 heteroatoms. The van der Waals surface area contributed by atoms with Gasteiger partial charge in [-0.25, -0.2) is 0 Å². The summed E-state index contributed by atoms with van der Waals surface area (Å²) in [6, 6.07) is 26.4. The Morgan fingerprint density at radius 1 is 0.900 bits per heavy atom. The third-order valence-electron chi connectivity index (χ3n) is 8.26. The summed E-state index contributed by atoms with van der Waals surface area (Å²) in [7, 11) is 0. The lowest BCUT2D eigenvalue weighted by molar-refractivity contribution is -0.161. The zero-order valence-corrected chi connectivity index (χ0v) is 22.9. The number of fused-ring (bicyclic) bond motifs is 2. The predicted octanol–water partition coefficient (Wildman–Crippen LogP) is 4.56. The Bertz CT molecular complexity index is 1270. The first kappa shape index (κ1) is 27.0. The summed E-state index contributed by atoms with van der Waals surface area (Å²) < 4.78 is 18.3. The molecule has 0 aromatic heterocycles. The molecule has 3 aliphatic heterocycles.